The molecule has 1 aromatic carbocycles. The molecule has 0 unspecified atom stereocenters. The molecule has 0 aliphatic rings. The van der Waals surface area contributed by atoms with Crippen LogP contribution in [0.15, 0.2) is 57.9 Å². The van der Waals surface area contributed by atoms with Gasteiger partial charge in [-0.2, -0.15) is 0 Å². The van der Waals surface area contributed by atoms with Gasteiger partial charge in [-0.25, -0.2) is 14.9 Å². The third-order valence-electron chi connectivity index (χ3n) is 3.41. The van der Waals surface area contributed by atoms with Crippen LogP contribution in [-0.4, -0.2) is 27.6 Å². The summed E-state index contributed by atoms with van der Waals surface area (Å²) in [7, 11) is 0. The van der Waals surface area contributed by atoms with Gasteiger partial charge in [0.15, 0.2) is 0 Å². The second-order valence-corrected chi connectivity index (χ2v) is 4.98. The Kier molecular flexibility index (Phi) is 4.37. The van der Waals surface area contributed by atoms with E-state index in [-0.39, 0.29) is 5.89 Å². The molecule has 3 N–H and O–H groups in total. The van der Waals surface area contributed by atoms with E-state index in [0.29, 0.717) is 24.3 Å². The van der Waals surface area contributed by atoms with Gasteiger partial charge >= 0.3 is 5.76 Å². The molecule has 0 saturated heterocycles. The first-order chi connectivity index (χ1) is 11.6. The number of benzene rings is 1. The molecule has 3 rings (SSSR count). The maximum absolute atomic E-state index is 11.7. The monoisotopic (exact) mass is 325 g/mol. The van der Waals surface area contributed by atoms with Crippen LogP contribution in [0.5, 0.6) is 0 Å². The largest absolute Gasteiger partial charge is 0.434 e. The van der Waals surface area contributed by atoms with Crippen molar-refractivity contribution >= 4 is 17.4 Å². The molecule has 0 bridgehead atoms. The van der Waals surface area contributed by atoms with Crippen LogP contribution in [0, 0.1) is 0 Å². The van der Waals surface area contributed by atoms with Gasteiger partial charge in [0.05, 0.1) is 5.56 Å². The fourth-order valence-corrected chi connectivity index (χ4v) is 2.34. The smallest absolute Gasteiger partial charge is 0.392 e. The van der Waals surface area contributed by atoms with Crippen LogP contribution in [0.3, 0.4) is 0 Å². The van der Waals surface area contributed by atoms with Crippen LogP contribution in [-0.2, 0) is 6.42 Å². The number of amides is 1. The first kappa shape index (κ1) is 15.5. The third kappa shape index (κ3) is 3.32. The van der Waals surface area contributed by atoms with Crippen LogP contribution >= 0.6 is 0 Å². The zero-order chi connectivity index (χ0) is 16.9. The van der Waals surface area contributed by atoms with Crippen LogP contribution in [0.1, 0.15) is 16.2 Å². The normalized spacial score (nSPS) is 10.5. The molecular weight excluding hydrogens is 310 g/mol. The fourth-order valence-electron chi connectivity index (χ4n) is 2.34. The number of hydrogen-bond acceptors (Lipinski definition) is 6. The number of rotatable bonds is 6. The number of para-hydroxylation sites is 1. The molecule has 8 nitrogen and oxygen atoms in total. The lowest BCUT2D eigenvalue weighted by Gasteiger charge is -2.24. The lowest BCUT2D eigenvalue weighted by atomic mass is 10.2. The Hall–Kier alpha value is -3.42. The van der Waals surface area contributed by atoms with Gasteiger partial charge < -0.3 is 15.1 Å². The summed E-state index contributed by atoms with van der Waals surface area (Å²) < 4.78 is 4.92. The van der Waals surface area contributed by atoms with Gasteiger partial charge in [0.25, 0.3) is 5.91 Å². The summed E-state index contributed by atoms with van der Waals surface area (Å²) in [4.78, 5) is 28.9. The highest BCUT2D eigenvalue weighted by Crippen LogP contribution is 2.26. The van der Waals surface area contributed by atoms with E-state index in [0.717, 1.165) is 5.69 Å². The molecule has 0 aliphatic heterocycles. The summed E-state index contributed by atoms with van der Waals surface area (Å²) in [5, 5.41) is 6.01. The summed E-state index contributed by atoms with van der Waals surface area (Å²) in [5.41, 5.74) is 6.60. The Bertz CT molecular complexity index is 888. The summed E-state index contributed by atoms with van der Waals surface area (Å²) in [6.45, 7) is 0.398. The highest BCUT2D eigenvalue weighted by Gasteiger charge is 2.18. The predicted molar refractivity (Wildman–Crippen MR) is 87.0 cm³/mol. The molecule has 0 spiro atoms. The summed E-state index contributed by atoms with van der Waals surface area (Å²) in [6, 6.07) is 12.7. The Labute approximate surface area is 136 Å². The number of nitrogens with two attached hydrogens (primary N) is 1. The van der Waals surface area contributed by atoms with Crippen molar-refractivity contribution in [2.75, 3.05) is 11.4 Å². The number of H-pyrrole nitrogens is 1. The van der Waals surface area contributed by atoms with Crippen molar-refractivity contribution in [2.24, 2.45) is 5.73 Å². The van der Waals surface area contributed by atoms with Crippen LogP contribution in [0.25, 0.3) is 0 Å². The highest BCUT2D eigenvalue weighted by molar-refractivity contribution is 5.98. The lowest BCUT2D eigenvalue weighted by molar-refractivity contribution is 0.100. The zero-order valence-corrected chi connectivity index (χ0v) is 12.7. The Balaban J connectivity index is 1.96. The molecule has 122 valence electrons. The molecule has 0 saturated carbocycles. The number of hydrogen-bond donors (Lipinski definition) is 2. The topological polar surface area (TPSA) is 118 Å². The first-order valence-electron chi connectivity index (χ1n) is 7.27. The number of anilines is 2. The zero-order valence-electron chi connectivity index (χ0n) is 12.7. The standard InChI is InChI=1S/C16H15N5O3/c17-14(22)12-7-4-9-18-15(12)21(11-5-2-1-3-6-11)10-8-13-19-20-16(23)24-13/h1-7,9H,8,10H2,(H2,17,22)(H,20,23). The minimum Gasteiger partial charge on any atom is -0.392 e. The number of carbonyl (C=O) groups is 1. The van der Waals surface area contributed by atoms with Gasteiger partial charge in [-0.1, -0.05) is 18.2 Å². The molecule has 0 aliphatic carbocycles. The van der Waals surface area contributed by atoms with E-state index in [2.05, 4.69) is 15.2 Å². The number of carbonyl (C=O) groups excluding carboxylic acids is 1. The minimum atomic E-state index is -0.605. The molecule has 0 atom stereocenters. The predicted octanol–water partition coefficient (Wildman–Crippen LogP) is 1.24. The van der Waals surface area contributed by atoms with Crippen molar-refractivity contribution in [1.29, 1.82) is 0 Å². The van der Waals surface area contributed by atoms with E-state index in [4.69, 9.17) is 10.2 Å². The lowest BCUT2D eigenvalue weighted by Crippen LogP contribution is -2.25. The molecule has 0 fully saturated rings. The number of primary amides is 1. The van der Waals surface area contributed by atoms with E-state index in [1.165, 1.54) is 0 Å². The maximum Gasteiger partial charge on any atom is 0.434 e. The van der Waals surface area contributed by atoms with Crippen LogP contribution < -0.4 is 16.4 Å². The van der Waals surface area contributed by atoms with Gasteiger partial charge in [-0.3, -0.25) is 4.79 Å². The number of aromatic amines is 1. The minimum absolute atomic E-state index is 0.275. The van der Waals surface area contributed by atoms with Crippen molar-refractivity contribution in [3.63, 3.8) is 0 Å². The molecular formula is C16H15N5O3. The molecule has 2 heterocycles. The third-order valence-corrected chi connectivity index (χ3v) is 3.41. The summed E-state index contributed by atoms with van der Waals surface area (Å²) in [5.74, 6) is -0.455. The summed E-state index contributed by atoms with van der Waals surface area (Å²) >= 11 is 0. The molecule has 24 heavy (non-hydrogen) atoms. The quantitative estimate of drug-likeness (QED) is 0.704. The van der Waals surface area contributed by atoms with Crippen LogP contribution in [0.2, 0.25) is 0 Å². The van der Waals surface area contributed by atoms with Gasteiger partial charge in [-0.15, -0.1) is 5.10 Å². The average Bonchev–Trinajstić information content (AvgIpc) is 3.02. The second kappa shape index (κ2) is 6.78. The summed E-state index contributed by atoms with van der Waals surface area (Å²) in [6.07, 6.45) is 1.94. The highest BCUT2D eigenvalue weighted by atomic mass is 16.4. The fraction of sp³-hybridized carbons (Fsp3) is 0.125. The van der Waals surface area contributed by atoms with Crippen LogP contribution in [0.4, 0.5) is 11.5 Å². The van der Waals surface area contributed by atoms with Crippen molar-refractivity contribution in [2.45, 2.75) is 6.42 Å². The van der Waals surface area contributed by atoms with E-state index < -0.39 is 11.7 Å². The number of nitrogens with zero attached hydrogens (tertiary/aromatic N) is 3. The second-order valence-electron chi connectivity index (χ2n) is 4.98. The molecule has 3 aromatic rings. The SMILES string of the molecule is NC(=O)c1cccnc1N(CCc1n[nH]c(=O)o1)c1ccccc1. The Morgan fingerprint density at radius 2 is 2.00 bits per heavy atom. The van der Waals surface area contributed by atoms with Crippen molar-refractivity contribution in [3.05, 3.63) is 70.7 Å². The van der Waals surface area contributed by atoms with Gasteiger partial charge in [0.2, 0.25) is 5.89 Å². The Morgan fingerprint density at radius 1 is 1.21 bits per heavy atom. The molecule has 8 heteroatoms. The average molecular weight is 325 g/mol. The first-order valence-corrected chi connectivity index (χ1v) is 7.27. The number of pyridine rings is 1. The van der Waals surface area contributed by atoms with E-state index in [1.807, 2.05) is 35.2 Å². The molecule has 1 amide bonds. The van der Waals surface area contributed by atoms with Crippen molar-refractivity contribution < 1.29 is 9.21 Å². The van der Waals surface area contributed by atoms with E-state index in [9.17, 15) is 9.59 Å². The van der Waals surface area contributed by atoms with Gasteiger partial charge in [0.1, 0.15) is 5.82 Å². The van der Waals surface area contributed by atoms with E-state index in [1.54, 1.807) is 18.3 Å². The Morgan fingerprint density at radius 3 is 2.67 bits per heavy atom. The van der Waals surface area contributed by atoms with Crippen molar-refractivity contribution in [3.8, 4) is 0 Å². The van der Waals surface area contributed by atoms with E-state index >= 15 is 0 Å². The van der Waals surface area contributed by atoms with Gasteiger partial charge in [0, 0.05) is 24.8 Å². The number of aromatic nitrogens is 3. The number of nitrogens with one attached hydrogen (secondary N) is 1. The molecule has 2 aromatic heterocycles. The molecule has 0 radical (unpaired) electrons. The maximum atomic E-state index is 11.7. The van der Waals surface area contributed by atoms with Crippen molar-refractivity contribution in [1.82, 2.24) is 15.2 Å². The van der Waals surface area contributed by atoms with Gasteiger partial charge in [-0.05, 0) is 24.3 Å².